The van der Waals surface area contributed by atoms with E-state index < -0.39 is 0 Å². The average molecular weight is 142 g/mol. The molecule has 0 saturated carbocycles. The lowest BCUT2D eigenvalue weighted by atomic mass is 10.5. The summed E-state index contributed by atoms with van der Waals surface area (Å²) in [4.78, 5) is 0. The van der Waals surface area contributed by atoms with Crippen LogP contribution in [-0.2, 0) is 0 Å². The quantitative estimate of drug-likeness (QED) is 0.316. The number of hydrogen-bond donors (Lipinski definition) is 3. The third kappa shape index (κ3) is 7.37. The van der Waals surface area contributed by atoms with Crippen LogP contribution < -0.4 is 16.4 Å². The van der Waals surface area contributed by atoms with Crippen LogP contribution in [0.5, 0.6) is 0 Å². The van der Waals surface area contributed by atoms with Gasteiger partial charge in [-0.2, -0.15) is 5.26 Å². The minimum absolute atomic E-state index is 0.421. The highest BCUT2D eigenvalue weighted by atomic mass is 14.9. The van der Waals surface area contributed by atoms with Crippen molar-refractivity contribution in [3.63, 3.8) is 0 Å². The fourth-order valence-corrected chi connectivity index (χ4v) is 0.548. The van der Waals surface area contributed by atoms with E-state index >= 15 is 0 Å². The van der Waals surface area contributed by atoms with Crippen molar-refractivity contribution in [2.75, 3.05) is 32.7 Å². The molecule has 0 heterocycles. The Morgan fingerprint density at radius 3 is 2.50 bits per heavy atom. The van der Waals surface area contributed by atoms with Crippen LogP contribution in [0, 0.1) is 11.3 Å². The maximum absolute atomic E-state index is 8.12. The number of nitrogens with two attached hydrogens (primary N) is 1. The molecular formula is C6H14N4. The lowest BCUT2D eigenvalue weighted by Gasteiger charge is -2.00. The third-order valence-corrected chi connectivity index (χ3v) is 1.00. The first-order valence-corrected chi connectivity index (χ1v) is 3.40. The molecule has 4 nitrogen and oxygen atoms in total. The second-order valence-electron chi connectivity index (χ2n) is 1.87. The molecule has 0 aromatic carbocycles. The van der Waals surface area contributed by atoms with Gasteiger partial charge in [0.15, 0.2) is 0 Å². The highest BCUT2D eigenvalue weighted by Crippen LogP contribution is 1.57. The van der Waals surface area contributed by atoms with Gasteiger partial charge in [0.25, 0.3) is 0 Å². The molecule has 0 spiro atoms. The van der Waals surface area contributed by atoms with Crippen molar-refractivity contribution >= 4 is 0 Å². The normalized spacial score (nSPS) is 9.20. The van der Waals surface area contributed by atoms with Crippen molar-refractivity contribution in [3.8, 4) is 6.07 Å². The fourth-order valence-electron chi connectivity index (χ4n) is 0.548. The van der Waals surface area contributed by atoms with Gasteiger partial charge in [-0.1, -0.05) is 0 Å². The van der Waals surface area contributed by atoms with Crippen molar-refractivity contribution in [1.82, 2.24) is 10.6 Å². The van der Waals surface area contributed by atoms with Crippen LogP contribution in [0.1, 0.15) is 0 Å². The maximum Gasteiger partial charge on any atom is 0.0841 e. The molecule has 58 valence electrons. The number of nitrogens with one attached hydrogen (secondary N) is 2. The minimum Gasteiger partial charge on any atom is -0.329 e. The van der Waals surface area contributed by atoms with Gasteiger partial charge in [0, 0.05) is 26.2 Å². The summed E-state index contributed by atoms with van der Waals surface area (Å²) in [5, 5.41) is 14.1. The fraction of sp³-hybridized carbons (Fsp3) is 0.833. The molecule has 0 aromatic heterocycles. The topological polar surface area (TPSA) is 73.9 Å². The molecule has 0 aliphatic carbocycles. The Balaban J connectivity index is 2.72. The first-order chi connectivity index (χ1) is 4.91. The Bertz CT molecular complexity index is 96.4. The van der Waals surface area contributed by atoms with Crippen LogP contribution >= 0.6 is 0 Å². The van der Waals surface area contributed by atoms with Crippen molar-refractivity contribution in [2.24, 2.45) is 5.73 Å². The van der Waals surface area contributed by atoms with Gasteiger partial charge in [-0.25, -0.2) is 0 Å². The van der Waals surface area contributed by atoms with Crippen molar-refractivity contribution in [3.05, 3.63) is 0 Å². The summed E-state index contributed by atoms with van der Waals surface area (Å²) in [6.45, 7) is 3.63. The summed E-state index contributed by atoms with van der Waals surface area (Å²) in [6.07, 6.45) is 0. The monoisotopic (exact) mass is 142 g/mol. The Morgan fingerprint density at radius 2 is 1.90 bits per heavy atom. The number of hydrogen-bond acceptors (Lipinski definition) is 4. The molecule has 0 atom stereocenters. The highest BCUT2D eigenvalue weighted by Gasteiger charge is 1.83. The van der Waals surface area contributed by atoms with Crippen LogP contribution in [-0.4, -0.2) is 32.7 Å². The smallest absolute Gasteiger partial charge is 0.0841 e. The predicted octanol–water partition coefficient (Wildman–Crippen LogP) is -1.35. The van der Waals surface area contributed by atoms with Crippen LogP contribution in [0.25, 0.3) is 0 Å². The van der Waals surface area contributed by atoms with E-state index in [-0.39, 0.29) is 0 Å². The van der Waals surface area contributed by atoms with Crippen molar-refractivity contribution in [2.45, 2.75) is 0 Å². The van der Waals surface area contributed by atoms with Gasteiger partial charge in [-0.05, 0) is 0 Å². The molecule has 0 saturated heterocycles. The van der Waals surface area contributed by atoms with E-state index in [1.807, 2.05) is 6.07 Å². The standard InChI is InChI=1S/C6H14N4/c7-1-3-9-5-6-10-4-2-8/h9-10H,1,3-7H2. The number of nitrogens with zero attached hydrogens (tertiary/aromatic N) is 1. The molecule has 4 N–H and O–H groups in total. The van der Waals surface area contributed by atoms with E-state index in [9.17, 15) is 0 Å². The summed E-state index contributed by atoms with van der Waals surface area (Å²) in [5.41, 5.74) is 5.23. The van der Waals surface area contributed by atoms with E-state index in [1.165, 1.54) is 0 Å². The lowest BCUT2D eigenvalue weighted by Crippen LogP contribution is -2.30. The van der Waals surface area contributed by atoms with Crippen LogP contribution in [0.4, 0.5) is 0 Å². The second kappa shape index (κ2) is 8.37. The Kier molecular flexibility index (Phi) is 7.84. The van der Waals surface area contributed by atoms with E-state index in [4.69, 9.17) is 11.0 Å². The molecule has 0 aliphatic rings. The molecule has 0 unspecified atom stereocenters. The SMILES string of the molecule is N#CCNCCNCCN. The van der Waals surface area contributed by atoms with Crippen LogP contribution in [0.15, 0.2) is 0 Å². The molecule has 0 radical (unpaired) electrons. The first-order valence-electron chi connectivity index (χ1n) is 3.40. The van der Waals surface area contributed by atoms with Gasteiger partial charge >= 0.3 is 0 Å². The summed E-state index contributed by atoms with van der Waals surface area (Å²) >= 11 is 0. The molecule has 0 aromatic rings. The summed E-state index contributed by atoms with van der Waals surface area (Å²) in [6, 6.07) is 2.00. The number of nitriles is 1. The zero-order valence-electron chi connectivity index (χ0n) is 6.06. The van der Waals surface area contributed by atoms with Gasteiger partial charge in [0.2, 0.25) is 0 Å². The third-order valence-electron chi connectivity index (χ3n) is 1.00. The molecule has 4 heteroatoms. The Morgan fingerprint density at radius 1 is 1.20 bits per heavy atom. The molecule has 0 fully saturated rings. The Labute approximate surface area is 61.4 Å². The van der Waals surface area contributed by atoms with Gasteiger partial charge in [-0.3, -0.25) is 0 Å². The minimum atomic E-state index is 0.421. The van der Waals surface area contributed by atoms with Gasteiger partial charge < -0.3 is 16.4 Å². The van der Waals surface area contributed by atoms with Gasteiger partial charge in [0.05, 0.1) is 12.6 Å². The van der Waals surface area contributed by atoms with Crippen LogP contribution in [0.3, 0.4) is 0 Å². The summed E-state index contributed by atoms with van der Waals surface area (Å²) in [5.74, 6) is 0. The highest BCUT2D eigenvalue weighted by molar-refractivity contribution is 4.72. The lowest BCUT2D eigenvalue weighted by molar-refractivity contribution is 0.641. The van der Waals surface area contributed by atoms with Crippen molar-refractivity contribution in [1.29, 1.82) is 5.26 Å². The average Bonchev–Trinajstić information content (AvgIpc) is 1.97. The van der Waals surface area contributed by atoms with Gasteiger partial charge in [0.1, 0.15) is 0 Å². The molecule has 0 rings (SSSR count). The van der Waals surface area contributed by atoms with Gasteiger partial charge in [-0.15, -0.1) is 0 Å². The van der Waals surface area contributed by atoms with E-state index in [2.05, 4.69) is 10.6 Å². The van der Waals surface area contributed by atoms with Crippen molar-refractivity contribution < 1.29 is 0 Å². The zero-order chi connectivity index (χ0) is 7.66. The predicted molar refractivity (Wildman–Crippen MR) is 40.4 cm³/mol. The molecule has 0 amide bonds. The molecule has 0 aliphatic heterocycles. The summed E-state index contributed by atoms with van der Waals surface area (Å²) in [7, 11) is 0. The first kappa shape index (κ1) is 9.37. The molecule has 10 heavy (non-hydrogen) atoms. The number of rotatable bonds is 6. The van der Waals surface area contributed by atoms with E-state index in [1.54, 1.807) is 0 Å². The largest absolute Gasteiger partial charge is 0.329 e. The van der Waals surface area contributed by atoms with E-state index in [0.717, 1.165) is 19.6 Å². The molecular weight excluding hydrogens is 128 g/mol. The second-order valence-corrected chi connectivity index (χ2v) is 1.87. The summed E-state index contributed by atoms with van der Waals surface area (Å²) < 4.78 is 0. The van der Waals surface area contributed by atoms with Crippen LogP contribution in [0.2, 0.25) is 0 Å². The Hall–Kier alpha value is -0.630. The zero-order valence-corrected chi connectivity index (χ0v) is 6.06. The molecule has 0 bridgehead atoms. The maximum atomic E-state index is 8.12. The van der Waals surface area contributed by atoms with E-state index in [0.29, 0.717) is 13.1 Å².